The molecule has 4 aliphatic rings. The third kappa shape index (κ3) is 3.48. The second-order valence-corrected chi connectivity index (χ2v) is 14.7. The Kier molecular flexibility index (Phi) is 5.67. The lowest BCUT2D eigenvalue weighted by molar-refractivity contribution is -0.187. The SMILES string of the molecule is Cc1ccc(S(=O)(=O)[C@@H]2[C@H](OC(=O)[C@@]34CC[C@@](C)(C(=O)O3)C4(C)C)[C@@H]3C=C[C@H]2N3C(=O)OC(C)(C)C)cc1. The van der Waals surface area contributed by atoms with Crippen LogP contribution in [0.3, 0.4) is 0 Å². The summed E-state index contributed by atoms with van der Waals surface area (Å²) in [5, 5.41) is -1.26. The molecule has 5 rings (SSSR count). The molecule has 3 fully saturated rings. The molecule has 0 unspecified atom stereocenters. The first-order valence-corrected chi connectivity index (χ1v) is 14.5. The van der Waals surface area contributed by atoms with Crippen molar-refractivity contribution in [2.24, 2.45) is 10.8 Å². The van der Waals surface area contributed by atoms with Gasteiger partial charge in [-0.1, -0.05) is 43.7 Å². The normalized spacial score (nSPS) is 34.9. The summed E-state index contributed by atoms with van der Waals surface area (Å²) in [5.74, 6) is -1.24. The number of sulfone groups is 1. The number of esters is 2. The highest BCUT2D eigenvalue weighted by Crippen LogP contribution is 2.66. The summed E-state index contributed by atoms with van der Waals surface area (Å²) in [6.07, 6.45) is 2.16. The van der Waals surface area contributed by atoms with E-state index in [0.717, 1.165) is 5.56 Å². The highest BCUT2D eigenvalue weighted by atomic mass is 32.2. The Labute approximate surface area is 223 Å². The van der Waals surface area contributed by atoms with Crippen molar-refractivity contribution >= 4 is 27.9 Å². The summed E-state index contributed by atoms with van der Waals surface area (Å²) >= 11 is 0. The van der Waals surface area contributed by atoms with Gasteiger partial charge in [0.1, 0.15) is 17.0 Å². The first-order valence-electron chi connectivity index (χ1n) is 12.9. The summed E-state index contributed by atoms with van der Waals surface area (Å²) in [5.41, 5.74) is -3.16. The largest absolute Gasteiger partial charge is 0.455 e. The van der Waals surface area contributed by atoms with Crippen molar-refractivity contribution in [3.8, 4) is 0 Å². The van der Waals surface area contributed by atoms with Crippen LogP contribution >= 0.6 is 0 Å². The summed E-state index contributed by atoms with van der Waals surface area (Å²) in [6, 6.07) is 4.67. The quantitative estimate of drug-likeness (QED) is 0.319. The summed E-state index contributed by atoms with van der Waals surface area (Å²) in [7, 11) is -4.07. The average Bonchev–Trinajstić information content (AvgIpc) is 3.45. The molecule has 0 aromatic heterocycles. The van der Waals surface area contributed by atoms with E-state index in [1.54, 1.807) is 65.8 Å². The van der Waals surface area contributed by atoms with Gasteiger partial charge in [-0.25, -0.2) is 18.0 Å². The molecule has 1 saturated carbocycles. The number of carbonyl (C=O) groups is 3. The molecule has 38 heavy (non-hydrogen) atoms. The fourth-order valence-corrected chi connectivity index (χ4v) is 8.39. The molecule has 3 aliphatic heterocycles. The average molecular weight is 546 g/mol. The van der Waals surface area contributed by atoms with E-state index in [1.165, 1.54) is 17.0 Å². The zero-order chi connectivity index (χ0) is 28.1. The zero-order valence-electron chi connectivity index (χ0n) is 22.8. The molecular formula is C28H35NO8S. The van der Waals surface area contributed by atoms with Gasteiger partial charge in [0.15, 0.2) is 9.84 Å². The van der Waals surface area contributed by atoms with Gasteiger partial charge in [-0.05, 0) is 59.6 Å². The van der Waals surface area contributed by atoms with E-state index in [0.29, 0.717) is 6.42 Å². The minimum absolute atomic E-state index is 0.0680. The Bertz CT molecular complexity index is 1340. The molecule has 1 aliphatic carbocycles. The fourth-order valence-electron chi connectivity index (χ4n) is 6.40. The number of nitrogens with zero attached hydrogens (tertiary/aromatic N) is 1. The number of carbonyl (C=O) groups excluding carboxylic acids is 3. The molecule has 2 saturated heterocycles. The van der Waals surface area contributed by atoms with Crippen molar-refractivity contribution in [1.82, 2.24) is 4.90 Å². The highest BCUT2D eigenvalue weighted by Gasteiger charge is 2.77. The first-order chi connectivity index (χ1) is 17.5. The zero-order valence-corrected chi connectivity index (χ0v) is 23.6. The number of ether oxygens (including phenoxy) is 3. The van der Waals surface area contributed by atoms with Crippen molar-refractivity contribution in [1.29, 1.82) is 0 Å². The van der Waals surface area contributed by atoms with Crippen LogP contribution in [0.2, 0.25) is 0 Å². The predicted molar refractivity (Wildman–Crippen MR) is 137 cm³/mol. The van der Waals surface area contributed by atoms with Gasteiger partial charge < -0.3 is 14.2 Å². The molecule has 206 valence electrons. The molecule has 1 aromatic rings. The van der Waals surface area contributed by atoms with E-state index >= 15 is 0 Å². The van der Waals surface area contributed by atoms with Gasteiger partial charge in [0.25, 0.3) is 0 Å². The van der Waals surface area contributed by atoms with Crippen LogP contribution in [-0.2, 0) is 33.6 Å². The predicted octanol–water partition coefficient (Wildman–Crippen LogP) is 3.73. The molecule has 6 atom stereocenters. The molecule has 0 radical (unpaired) electrons. The molecule has 3 heterocycles. The first kappa shape index (κ1) is 26.7. The van der Waals surface area contributed by atoms with Crippen LogP contribution < -0.4 is 0 Å². The van der Waals surface area contributed by atoms with Gasteiger partial charge in [0.2, 0.25) is 5.60 Å². The number of aryl methyl sites for hydroxylation is 1. The van der Waals surface area contributed by atoms with E-state index in [9.17, 15) is 22.8 Å². The summed E-state index contributed by atoms with van der Waals surface area (Å²) < 4.78 is 45.3. The lowest BCUT2D eigenvalue weighted by atomic mass is 9.66. The number of rotatable bonds is 4. The Hall–Kier alpha value is -2.88. The van der Waals surface area contributed by atoms with Crippen molar-refractivity contribution in [3.63, 3.8) is 0 Å². The molecule has 1 aromatic carbocycles. The third-order valence-corrected chi connectivity index (χ3v) is 11.3. The van der Waals surface area contributed by atoms with Crippen molar-refractivity contribution in [2.75, 3.05) is 0 Å². The van der Waals surface area contributed by atoms with Gasteiger partial charge in [-0.15, -0.1) is 0 Å². The van der Waals surface area contributed by atoms with Crippen LogP contribution in [-0.4, -0.2) is 66.0 Å². The van der Waals surface area contributed by atoms with E-state index in [2.05, 4.69) is 0 Å². The Morgan fingerprint density at radius 2 is 1.63 bits per heavy atom. The Morgan fingerprint density at radius 3 is 2.16 bits per heavy atom. The molecule has 10 heteroatoms. The Morgan fingerprint density at radius 1 is 1.03 bits per heavy atom. The molecule has 0 N–H and O–H groups in total. The maximum absolute atomic E-state index is 14.0. The fraction of sp³-hybridized carbons (Fsp3) is 0.607. The molecule has 1 amide bonds. The molecule has 9 nitrogen and oxygen atoms in total. The van der Waals surface area contributed by atoms with Gasteiger partial charge in [0, 0.05) is 5.41 Å². The van der Waals surface area contributed by atoms with Crippen LogP contribution in [0.25, 0.3) is 0 Å². The van der Waals surface area contributed by atoms with Crippen LogP contribution in [0.4, 0.5) is 4.79 Å². The van der Waals surface area contributed by atoms with E-state index in [4.69, 9.17) is 14.2 Å². The third-order valence-electron chi connectivity index (χ3n) is 9.11. The van der Waals surface area contributed by atoms with Gasteiger partial charge in [0.05, 0.1) is 22.4 Å². The van der Waals surface area contributed by atoms with Crippen LogP contribution in [0.15, 0.2) is 41.3 Å². The molecule has 0 spiro atoms. The van der Waals surface area contributed by atoms with Crippen LogP contribution in [0.5, 0.6) is 0 Å². The molecular weight excluding hydrogens is 510 g/mol. The minimum atomic E-state index is -4.07. The van der Waals surface area contributed by atoms with E-state index in [1.807, 2.05) is 6.92 Å². The second-order valence-electron chi connectivity index (χ2n) is 12.6. The van der Waals surface area contributed by atoms with Gasteiger partial charge in [-0.3, -0.25) is 9.69 Å². The lowest BCUT2D eigenvalue weighted by Gasteiger charge is -2.36. The monoisotopic (exact) mass is 545 g/mol. The summed E-state index contributed by atoms with van der Waals surface area (Å²) in [6.45, 7) is 12.4. The molecule has 4 bridgehead atoms. The van der Waals surface area contributed by atoms with E-state index < -0.39 is 73.3 Å². The topological polar surface area (TPSA) is 116 Å². The smallest absolute Gasteiger partial charge is 0.411 e. The summed E-state index contributed by atoms with van der Waals surface area (Å²) in [4.78, 5) is 41.3. The highest BCUT2D eigenvalue weighted by molar-refractivity contribution is 7.92. The number of hydrogen-bond acceptors (Lipinski definition) is 8. The van der Waals surface area contributed by atoms with Crippen molar-refractivity contribution in [3.05, 3.63) is 42.0 Å². The maximum Gasteiger partial charge on any atom is 0.411 e. The van der Waals surface area contributed by atoms with Crippen LogP contribution in [0, 0.1) is 17.8 Å². The van der Waals surface area contributed by atoms with Gasteiger partial charge >= 0.3 is 18.0 Å². The Balaban J connectivity index is 1.54. The van der Waals surface area contributed by atoms with Crippen molar-refractivity contribution < 1.29 is 37.0 Å². The minimum Gasteiger partial charge on any atom is -0.455 e. The number of fused-ring (bicyclic) bond motifs is 4. The van der Waals surface area contributed by atoms with Crippen LogP contribution in [0.1, 0.15) is 59.9 Å². The maximum atomic E-state index is 14.0. The number of benzene rings is 1. The van der Waals surface area contributed by atoms with E-state index in [-0.39, 0.29) is 11.3 Å². The van der Waals surface area contributed by atoms with Gasteiger partial charge in [-0.2, -0.15) is 0 Å². The number of hydrogen-bond donors (Lipinski definition) is 0. The lowest BCUT2D eigenvalue weighted by Crippen LogP contribution is -2.53. The van der Waals surface area contributed by atoms with Crippen molar-refractivity contribution in [2.45, 2.75) is 101 Å². The number of amides is 1. The standard InChI is InChI=1S/C28H35NO8S/c1-16-8-10-17(11-9-16)38(33,34)21-19-13-12-18(29(19)24(32)37-25(2,3)4)20(21)35-23(31)28-15-14-27(7,22(30)36-28)26(28,5)6/h8-13,18-21H,14-15H2,1-7H3/t18-,19+,20+,21-,27-,28+/m0/s1. The second kappa shape index (κ2) is 8.07.